The van der Waals surface area contributed by atoms with Crippen molar-refractivity contribution in [2.24, 2.45) is 46.3 Å². The SMILES string of the molecule is C=C[C@@H](C)C1C(=O)CC2C3CC=C4C[C@@H](C)CCC4(C)C3CC[C@@]21C. The summed E-state index contributed by atoms with van der Waals surface area (Å²) in [5.41, 5.74) is 2.38. The Hall–Kier alpha value is -0.850. The van der Waals surface area contributed by atoms with Gasteiger partial charge in [-0.1, -0.05) is 45.4 Å². The number of hydrogen-bond donors (Lipinski definition) is 0. The van der Waals surface area contributed by atoms with Gasteiger partial charge in [0.1, 0.15) is 5.78 Å². The van der Waals surface area contributed by atoms with Crippen molar-refractivity contribution in [1.82, 2.24) is 0 Å². The molecule has 25 heavy (non-hydrogen) atoms. The first-order valence-electron chi connectivity index (χ1n) is 10.7. The van der Waals surface area contributed by atoms with Crippen LogP contribution in [0.1, 0.15) is 72.6 Å². The summed E-state index contributed by atoms with van der Waals surface area (Å²) in [4.78, 5) is 13.0. The van der Waals surface area contributed by atoms with Gasteiger partial charge >= 0.3 is 0 Å². The molecule has 0 amide bonds. The van der Waals surface area contributed by atoms with Crippen LogP contribution < -0.4 is 0 Å². The minimum Gasteiger partial charge on any atom is -0.299 e. The van der Waals surface area contributed by atoms with Crippen LogP contribution in [0.15, 0.2) is 24.3 Å². The Kier molecular flexibility index (Phi) is 4.09. The zero-order chi connectivity index (χ0) is 18.0. The Morgan fingerprint density at radius 3 is 2.68 bits per heavy atom. The second kappa shape index (κ2) is 5.83. The Balaban J connectivity index is 1.68. The summed E-state index contributed by atoms with van der Waals surface area (Å²) in [6, 6.07) is 0. The molecule has 0 saturated heterocycles. The van der Waals surface area contributed by atoms with Gasteiger partial charge in [0.05, 0.1) is 0 Å². The number of allylic oxidation sites excluding steroid dienone is 3. The molecule has 4 aliphatic rings. The van der Waals surface area contributed by atoms with Crippen LogP contribution in [0.4, 0.5) is 0 Å². The van der Waals surface area contributed by atoms with E-state index < -0.39 is 0 Å². The number of Topliss-reactive ketones (excluding diaryl/α,β-unsaturated/α-hetero) is 1. The highest BCUT2D eigenvalue weighted by Gasteiger charge is 2.61. The standard InChI is InChI=1S/C24H36O/c1-6-16(3)22-21(25)14-20-18-8-7-17-13-15(2)9-11-23(17,4)19(18)10-12-24(20,22)5/h6-7,15-16,18-20,22H,1,8-14H2,2-5H3/t15-,16+,18?,19?,20?,22?,23?,24-/m0/s1. The zero-order valence-electron chi connectivity index (χ0n) is 16.7. The van der Waals surface area contributed by atoms with E-state index in [0.29, 0.717) is 23.0 Å². The van der Waals surface area contributed by atoms with E-state index in [-0.39, 0.29) is 11.3 Å². The van der Waals surface area contributed by atoms with E-state index in [1.54, 1.807) is 5.57 Å². The fraction of sp³-hybridized carbons (Fsp3) is 0.792. The van der Waals surface area contributed by atoms with E-state index in [2.05, 4.69) is 40.3 Å². The maximum Gasteiger partial charge on any atom is 0.137 e. The van der Waals surface area contributed by atoms with Crippen LogP contribution in [0.2, 0.25) is 0 Å². The minimum absolute atomic E-state index is 0.204. The molecule has 3 saturated carbocycles. The Bertz CT molecular complexity index is 616. The van der Waals surface area contributed by atoms with Crippen molar-refractivity contribution >= 4 is 5.78 Å². The summed E-state index contributed by atoms with van der Waals surface area (Å²) in [6.07, 6.45) is 13.3. The second-order valence-electron chi connectivity index (χ2n) is 10.4. The summed E-state index contributed by atoms with van der Waals surface area (Å²) in [5, 5.41) is 0. The van der Waals surface area contributed by atoms with Gasteiger partial charge in [-0.2, -0.15) is 0 Å². The molecule has 8 atom stereocenters. The third-order valence-electron chi connectivity index (χ3n) is 9.16. The number of hydrogen-bond acceptors (Lipinski definition) is 1. The largest absolute Gasteiger partial charge is 0.299 e. The van der Waals surface area contributed by atoms with E-state index in [0.717, 1.165) is 24.2 Å². The van der Waals surface area contributed by atoms with Crippen molar-refractivity contribution in [3.8, 4) is 0 Å². The molecule has 3 fully saturated rings. The van der Waals surface area contributed by atoms with E-state index >= 15 is 0 Å². The Labute approximate surface area is 154 Å². The lowest BCUT2D eigenvalue weighted by Crippen LogP contribution is -2.50. The van der Waals surface area contributed by atoms with Gasteiger partial charge in [0, 0.05) is 12.3 Å². The van der Waals surface area contributed by atoms with E-state index in [1.165, 1.54) is 38.5 Å². The molecule has 1 nitrogen and oxygen atoms in total. The smallest absolute Gasteiger partial charge is 0.137 e. The van der Waals surface area contributed by atoms with E-state index in [1.807, 2.05) is 6.08 Å². The average Bonchev–Trinajstić information content (AvgIpc) is 2.85. The van der Waals surface area contributed by atoms with Crippen molar-refractivity contribution < 1.29 is 4.79 Å². The molecule has 0 aliphatic heterocycles. The van der Waals surface area contributed by atoms with Gasteiger partial charge in [0.15, 0.2) is 0 Å². The minimum atomic E-state index is 0.204. The highest BCUT2D eigenvalue weighted by Crippen LogP contribution is 2.66. The lowest BCUT2D eigenvalue weighted by Gasteiger charge is -2.58. The molecule has 0 aromatic heterocycles. The fourth-order valence-electron chi connectivity index (χ4n) is 7.70. The summed E-state index contributed by atoms with van der Waals surface area (Å²) in [6.45, 7) is 13.6. The third kappa shape index (κ3) is 2.37. The number of rotatable bonds is 2. The van der Waals surface area contributed by atoms with Gasteiger partial charge in [-0.3, -0.25) is 4.79 Å². The van der Waals surface area contributed by atoms with Gasteiger partial charge in [-0.15, -0.1) is 6.58 Å². The van der Waals surface area contributed by atoms with Gasteiger partial charge in [-0.25, -0.2) is 0 Å². The maximum atomic E-state index is 13.0. The van der Waals surface area contributed by atoms with Gasteiger partial charge in [-0.05, 0) is 78.9 Å². The first-order valence-corrected chi connectivity index (χ1v) is 10.7. The van der Waals surface area contributed by atoms with Gasteiger partial charge in [0.2, 0.25) is 0 Å². The van der Waals surface area contributed by atoms with Crippen LogP contribution in [0.25, 0.3) is 0 Å². The highest BCUT2D eigenvalue weighted by atomic mass is 16.1. The van der Waals surface area contributed by atoms with Crippen molar-refractivity contribution in [1.29, 1.82) is 0 Å². The van der Waals surface area contributed by atoms with Crippen LogP contribution in [0.3, 0.4) is 0 Å². The van der Waals surface area contributed by atoms with Crippen LogP contribution in [-0.2, 0) is 4.79 Å². The number of carbonyl (C=O) groups is 1. The van der Waals surface area contributed by atoms with Gasteiger partial charge in [0.25, 0.3) is 0 Å². The molecule has 138 valence electrons. The topological polar surface area (TPSA) is 17.1 Å². The zero-order valence-corrected chi connectivity index (χ0v) is 16.7. The molecule has 0 bridgehead atoms. The Morgan fingerprint density at radius 2 is 1.96 bits per heavy atom. The molecule has 0 radical (unpaired) electrons. The lowest BCUT2D eigenvalue weighted by atomic mass is 9.46. The van der Waals surface area contributed by atoms with Crippen LogP contribution in [0.5, 0.6) is 0 Å². The van der Waals surface area contributed by atoms with E-state index in [9.17, 15) is 4.79 Å². The van der Waals surface area contributed by atoms with Crippen LogP contribution in [0, 0.1) is 46.3 Å². The molecule has 0 spiro atoms. The predicted molar refractivity (Wildman–Crippen MR) is 104 cm³/mol. The fourth-order valence-corrected chi connectivity index (χ4v) is 7.70. The maximum absolute atomic E-state index is 13.0. The summed E-state index contributed by atoms with van der Waals surface area (Å²) in [5.74, 6) is 4.05. The van der Waals surface area contributed by atoms with Crippen LogP contribution in [-0.4, -0.2) is 5.78 Å². The Morgan fingerprint density at radius 1 is 1.20 bits per heavy atom. The molecule has 0 N–H and O–H groups in total. The predicted octanol–water partition coefficient (Wildman–Crippen LogP) is 6.20. The van der Waals surface area contributed by atoms with Crippen molar-refractivity contribution in [3.63, 3.8) is 0 Å². The number of ketones is 1. The first kappa shape index (κ1) is 17.6. The summed E-state index contributed by atoms with van der Waals surface area (Å²) < 4.78 is 0. The summed E-state index contributed by atoms with van der Waals surface area (Å²) >= 11 is 0. The average molecular weight is 341 g/mol. The molecule has 4 aliphatic carbocycles. The van der Waals surface area contributed by atoms with E-state index in [4.69, 9.17) is 0 Å². The van der Waals surface area contributed by atoms with Crippen LogP contribution >= 0.6 is 0 Å². The van der Waals surface area contributed by atoms with Crippen molar-refractivity contribution in [2.45, 2.75) is 72.6 Å². The second-order valence-corrected chi connectivity index (χ2v) is 10.4. The molecule has 0 heterocycles. The molecule has 5 unspecified atom stereocenters. The third-order valence-corrected chi connectivity index (χ3v) is 9.16. The van der Waals surface area contributed by atoms with Gasteiger partial charge < -0.3 is 0 Å². The highest BCUT2D eigenvalue weighted by molar-refractivity contribution is 5.85. The first-order chi connectivity index (χ1) is 11.8. The quantitative estimate of drug-likeness (QED) is 0.547. The molecule has 4 rings (SSSR count). The summed E-state index contributed by atoms with van der Waals surface area (Å²) in [7, 11) is 0. The van der Waals surface area contributed by atoms with Crippen molar-refractivity contribution in [3.05, 3.63) is 24.3 Å². The van der Waals surface area contributed by atoms with Crippen molar-refractivity contribution in [2.75, 3.05) is 0 Å². The molecular formula is C24H36O. The molecule has 0 aromatic carbocycles. The monoisotopic (exact) mass is 340 g/mol. The molecule has 0 aromatic rings. The molecular weight excluding hydrogens is 304 g/mol. The normalized spacial score (nSPS) is 50.3. The number of carbonyl (C=O) groups excluding carboxylic acids is 1. The molecule has 1 heteroatoms. The lowest BCUT2D eigenvalue weighted by molar-refractivity contribution is -0.123. The number of fused-ring (bicyclic) bond motifs is 5.